The first kappa shape index (κ1) is 16.5. The summed E-state index contributed by atoms with van der Waals surface area (Å²) in [6.07, 6.45) is 0.971. The van der Waals surface area contributed by atoms with E-state index in [4.69, 9.17) is 0 Å². The zero-order valence-corrected chi connectivity index (χ0v) is 12.9. The summed E-state index contributed by atoms with van der Waals surface area (Å²) >= 11 is 1.57. The number of hydrogen-bond donors (Lipinski definition) is 3. The molecular weight excluding hydrogens is 276 g/mol. The van der Waals surface area contributed by atoms with Crippen molar-refractivity contribution in [3.8, 4) is 0 Å². The van der Waals surface area contributed by atoms with Gasteiger partial charge in [-0.1, -0.05) is 13.8 Å². The van der Waals surface area contributed by atoms with Crippen LogP contribution in [0.5, 0.6) is 0 Å². The zero-order chi connectivity index (χ0) is 15.2. The van der Waals surface area contributed by atoms with Gasteiger partial charge in [0.2, 0.25) is 0 Å². The lowest BCUT2D eigenvalue weighted by Crippen LogP contribution is -2.46. The Morgan fingerprint density at radius 1 is 1.40 bits per heavy atom. The average molecular weight is 298 g/mol. The van der Waals surface area contributed by atoms with Gasteiger partial charge in [-0.3, -0.25) is 4.79 Å². The quantitative estimate of drug-likeness (QED) is 0.724. The molecule has 0 aliphatic carbocycles. The third-order valence-corrected chi connectivity index (χ3v) is 4.49. The molecule has 0 saturated heterocycles. The van der Waals surface area contributed by atoms with Crippen LogP contribution in [0.1, 0.15) is 45.2 Å². The predicted molar refractivity (Wildman–Crippen MR) is 79.9 cm³/mol. The van der Waals surface area contributed by atoms with Crippen LogP contribution >= 0.6 is 11.3 Å². The third-order valence-electron chi connectivity index (χ3n) is 3.79. The Morgan fingerprint density at radius 3 is 2.50 bits per heavy atom. The van der Waals surface area contributed by atoms with Crippen molar-refractivity contribution >= 4 is 23.3 Å². The molecule has 0 aliphatic heterocycles. The van der Waals surface area contributed by atoms with Gasteiger partial charge in [-0.15, -0.1) is 0 Å². The average Bonchev–Trinajstić information content (AvgIpc) is 2.94. The van der Waals surface area contributed by atoms with Gasteiger partial charge in [-0.2, -0.15) is 11.3 Å². The summed E-state index contributed by atoms with van der Waals surface area (Å²) in [5.74, 6) is -0.867. The van der Waals surface area contributed by atoms with E-state index in [1.54, 1.807) is 11.3 Å². The molecule has 0 saturated carbocycles. The Morgan fingerprint density at radius 2 is 2.05 bits per heavy atom. The van der Waals surface area contributed by atoms with Crippen LogP contribution in [0.4, 0.5) is 4.79 Å². The number of carbonyl (C=O) groups is 2. The normalized spacial score (nSPS) is 12.8. The van der Waals surface area contributed by atoms with E-state index in [0.717, 1.165) is 5.56 Å². The third kappa shape index (κ3) is 3.96. The van der Waals surface area contributed by atoms with Crippen molar-refractivity contribution in [2.75, 3.05) is 6.54 Å². The number of carbonyl (C=O) groups excluding carboxylic acids is 1. The smallest absolute Gasteiger partial charge is 0.315 e. The van der Waals surface area contributed by atoms with Gasteiger partial charge in [-0.05, 0) is 42.2 Å². The van der Waals surface area contributed by atoms with Gasteiger partial charge in [-0.25, -0.2) is 4.79 Å². The highest BCUT2D eigenvalue weighted by molar-refractivity contribution is 7.07. The van der Waals surface area contributed by atoms with Crippen LogP contribution < -0.4 is 10.6 Å². The van der Waals surface area contributed by atoms with Crippen molar-refractivity contribution < 1.29 is 14.7 Å². The molecule has 0 radical (unpaired) electrons. The number of hydrogen-bond acceptors (Lipinski definition) is 3. The molecule has 0 bridgehead atoms. The molecule has 1 aromatic heterocycles. The molecule has 0 spiro atoms. The van der Waals surface area contributed by atoms with Gasteiger partial charge in [0, 0.05) is 6.54 Å². The van der Waals surface area contributed by atoms with Crippen molar-refractivity contribution in [2.45, 2.75) is 39.7 Å². The molecule has 6 heteroatoms. The van der Waals surface area contributed by atoms with Gasteiger partial charge < -0.3 is 15.7 Å². The Labute approximate surface area is 123 Å². The monoisotopic (exact) mass is 298 g/mol. The molecule has 1 atom stereocenters. The van der Waals surface area contributed by atoms with E-state index in [1.807, 2.05) is 37.6 Å². The van der Waals surface area contributed by atoms with Gasteiger partial charge >= 0.3 is 12.0 Å². The lowest BCUT2D eigenvalue weighted by atomic mass is 9.82. The second-order valence-corrected chi connectivity index (χ2v) is 5.68. The lowest BCUT2D eigenvalue weighted by molar-refractivity contribution is -0.149. The van der Waals surface area contributed by atoms with Crippen LogP contribution in [0.3, 0.4) is 0 Å². The highest BCUT2D eigenvalue weighted by atomic mass is 32.1. The summed E-state index contributed by atoms with van der Waals surface area (Å²) in [5.41, 5.74) is 0.156. The van der Waals surface area contributed by atoms with Crippen LogP contribution in [0, 0.1) is 5.41 Å². The number of urea groups is 1. The first-order valence-electron chi connectivity index (χ1n) is 6.75. The largest absolute Gasteiger partial charge is 0.481 e. The zero-order valence-electron chi connectivity index (χ0n) is 12.1. The first-order chi connectivity index (χ1) is 9.45. The summed E-state index contributed by atoms with van der Waals surface area (Å²) in [5, 5.41) is 18.7. The lowest BCUT2D eigenvalue weighted by Gasteiger charge is -2.27. The molecule has 1 heterocycles. The number of rotatable bonds is 7. The molecule has 0 aromatic carbocycles. The number of carboxylic acid groups (broad SMARTS) is 1. The first-order valence-corrected chi connectivity index (χ1v) is 7.69. The second kappa shape index (κ2) is 7.28. The highest BCUT2D eigenvalue weighted by Gasteiger charge is 2.35. The van der Waals surface area contributed by atoms with Crippen LogP contribution in [0.25, 0.3) is 0 Å². The van der Waals surface area contributed by atoms with E-state index < -0.39 is 11.4 Å². The summed E-state index contributed by atoms with van der Waals surface area (Å²) in [6, 6.07) is 1.52. The molecule has 20 heavy (non-hydrogen) atoms. The van der Waals surface area contributed by atoms with Crippen LogP contribution in [-0.4, -0.2) is 23.7 Å². The fourth-order valence-electron chi connectivity index (χ4n) is 1.98. The number of nitrogens with one attached hydrogen (secondary N) is 2. The number of amides is 2. The van der Waals surface area contributed by atoms with E-state index in [2.05, 4.69) is 10.6 Å². The highest BCUT2D eigenvalue weighted by Crippen LogP contribution is 2.25. The van der Waals surface area contributed by atoms with E-state index >= 15 is 0 Å². The standard InChI is InChI=1S/C14H22N2O3S/c1-4-14(5-2,12(17)18)9-15-13(19)16-10(3)11-6-7-20-8-11/h6-8,10H,4-5,9H2,1-3H3,(H,17,18)(H2,15,16,19). The number of carboxylic acids is 1. The van der Waals surface area contributed by atoms with Crippen LogP contribution in [0.2, 0.25) is 0 Å². The molecule has 1 rings (SSSR count). The van der Waals surface area contributed by atoms with Gasteiger partial charge in [0.1, 0.15) is 0 Å². The Hall–Kier alpha value is -1.56. The van der Waals surface area contributed by atoms with Crippen LogP contribution in [-0.2, 0) is 4.79 Å². The minimum absolute atomic E-state index is 0.0938. The Balaban J connectivity index is 2.52. The minimum Gasteiger partial charge on any atom is -0.481 e. The maximum atomic E-state index is 11.8. The van der Waals surface area contributed by atoms with Crippen LogP contribution in [0.15, 0.2) is 16.8 Å². The summed E-state index contributed by atoms with van der Waals surface area (Å²) in [7, 11) is 0. The fourth-order valence-corrected chi connectivity index (χ4v) is 2.73. The molecule has 2 amide bonds. The molecule has 0 fully saturated rings. The number of aliphatic carboxylic acids is 1. The summed E-state index contributed by atoms with van der Waals surface area (Å²) < 4.78 is 0. The molecule has 3 N–H and O–H groups in total. The van der Waals surface area contributed by atoms with Gasteiger partial charge in [0.15, 0.2) is 0 Å². The van der Waals surface area contributed by atoms with Crippen molar-refractivity contribution in [3.05, 3.63) is 22.4 Å². The van der Waals surface area contributed by atoms with Crippen molar-refractivity contribution in [1.82, 2.24) is 10.6 Å². The minimum atomic E-state index is -0.886. The van der Waals surface area contributed by atoms with E-state index in [-0.39, 0.29) is 18.6 Å². The Bertz CT molecular complexity index is 441. The van der Waals surface area contributed by atoms with Crippen molar-refractivity contribution in [2.24, 2.45) is 5.41 Å². The molecule has 112 valence electrons. The van der Waals surface area contributed by atoms with E-state index in [1.165, 1.54) is 0 Å². The maximum Gasteiger partial charge on any atom is 0.315 e. The van der Waals surface area contributed by atoms with E-state index in [0.29, 0.717) is 12.8 Å². The number of thiophene rings is 1. The second-order valence-electron chi connectivity index (χ2n) is 4.90. The summed E-state index contributed by atoms with van der Waals surface area (Å²) in [4.78, 5) is 23.2. The Kier molecular flexibility index (Phi) is 6.01. The molecule has 0 aliphatic rings. The molecule has 5 nitrogen and oxygen atoms in total. The van der Waals surface area contributed by atoms with Gasteiger partial charge in [0.05, 0.1) is 11.5 Å². The molecule has 1 aromatic rings. The predicted octanol–water partition coefficient (Wildman–Crippen LogP) is 3.00. The SMILES string of the molecule is CCC(CC)(CNC(=O)NC(C)c1ccsc1)C(=O)O. The topological polar surface area (TPSA) is 78.4 Å². The molecular formula is C14H22N2O3S. The maximum absolute atomic E-state index is 11.8. The summed E-state index contributed by atoms with van der Waals surface area (Å²) in [6.45, 7) is 5.68. The van der Waals surface area contributed by atoms with Crippen molar-refractivity contribution in [1.29, 1.82) is 0 Å². The fraction of sp³-hybridized carbons (Fsp3) is 0.571. The molecule has 1 unspecified atom stereocenters. The van der Waals surface area contributed by atoms with E-state index in [9.17, 15) is 14.7 Å². The van der Waals surface area contributed by atoms with Gasteiger partial charge in [0.25, 0.3) is 0 Å². The van der Waals surface area contributed by atoms with Crippen molar-refractivity contribution in [3.63, 3.8) is 0 Å².